The molecule has 168 valence electrons. The number of hydrogen-bond acceptors (Lipinski definition) is 5. The molecule has 32 heavy (non-hydrogen) atoms. The molecule has 0 radical (unpaired) electrons. The summed E-state index contributed by atoms with van der Waals surface area (Å²) in [6.45, 7) is 10.5. The zero-order chi connectivity index (χ0) is 23.1. The van der Waals surface area contributed by atoms with E-state index < -0.39 is 11.5 Å². The highest BCUT2D eigenvalue weighted by atomic mass is 16.5. The molecule has 0 atom stereocenters. The van der Waals surface area contributed by atoms with E-state index in [1.54, 1.807) is 19.9 Å². The monoisotopic (exact) mass is 434 g/mol. The first-order valence-corrected chi connectivity index (χ1v) is 10.6. The van der Waals surface area contributed by atoms with Crippen LogP contribution in [0.4, 0.5) is 0 Å². The van der Waals surface area contributed by atoms with Gasteiger partial charge in [-0.3, -0.25) is 9.69 Å². The summed E-state index contributed by atoms with van der Waals surface area (Å²) >= 11 is 0. The lowest BCUT2D eigenvalue weighted by atomic mass is 10.0. The van der Waals surface area contributed by atoms with Gasteiger partial charge in [0.1, 0.15) is 17.0 Å². The maximum absolute atomic E-state index is 11.7. The van der Waals surface area contributed by atoms with Crippen molar-refractivity contribution in [1.82, 2.24) is 9.88 Å². The first kappa shape index (κ1) is 23.3. The van der Waals surface area contributed by atoms with Crippen LogP contribution in [0.25, 0.3) is 11.5 Å². The number of carbonyl (C=O) groups is 1. The van der Waals surface area contributed by atoms with Gasteiger partial charge in [-0.05, 0) is 50.6 Å². The van der Waals surface area contributed by atoms with Crippen LogP contribution < -0.4 is 4.74 Å². The summed E-state index contributed by atoms with van der Waals surface area (Å²) in [6, 6.07) is 17.5. The van der Waals surface area contributed by atoms with Crippen LogP contribution in [0.2, 0.25) is 0 Å². The lowest BCUT2D eigenvalue weighted by Crippen LogP contribution is -2.49. The standard InChI is InChI=1S/C26H30N2O4/c1-5-15-28(26(3,4)25(29)30)18-20-10-9-13-22(17-20)31-16-14-23-19(2)32-24(27-23)21-11-7-6-8-12-21/h5-13,17H,1,14-16,18H2,2-4H3,(H,29,30). The minimum absolute atomic E-state index is 0.460. The van der Waals surface area contributed by atoms with Gasteiger partial charge in [0.25, 0.3) is 0 Å². The van der Waals surface area contributed by atoms with Gasteiger partial charge in [-0.2, -0.15) is 0 Å². The van der Waals surface area contributed by atoms with E-state index in [0.29, 0.717) is 32.0 Å². The summed E-state index contributed by atoms with van der Waals surface area (Å²) in [6.07, 6.45) is 2.34. The molecule has 2 aromatic carbocycles. The fourth-order valence-corrected chi connectivity index (χ4v) is 3.37. The first-order chi connectivity index (χ1) is 15.3. The van der Waals surface area contributed by atoms with Crippen LogP contribution in [0.5, 0.6) is 5.75 Å². The van der Waals surface area contributed by atoms with E-state index in [-0.39, 0.29) is 0 Å². The lowest BCUT2D eigenvalue weighted by molar-refractivity contribution is -0.149. The van der Waals surface area contributed by atoms with Gasteiger partial charge in [-0.15, -0.1) is 6.58 Å². The number of aliphatic carboxylic acids is 1. The minimum atomic E-state index is -1.01. The third-order valence-corrected chi connectivity index (χ3v) is 5.46. The van der Waals surface area contributed by atoms with Crippen molar-refractivity contribution in [1.29, 1.82) is 0 Å². The van der Waals surface area contributed by atoms with Crippen molar-refractivity contribution < 1.29 is 19.1 Å². The molecule has 0 aliphatic heterocycles. The third-order valence-electron chi connectivity index (χ3n) is 5.46. The van der Waals surface area contributed by atoms with Crippen LogP contribution >= 0.6 is 0 Å². The second-order valence-corrected chi connectivity index (χ2v) is 8.17. The Morgan fingerprint density at radius 3 is 2.66 bits per heavy atom. The summed E-state index contributed by atoms with van der Waals surface area (Å²) in [5.74, 6) is 1.27. The summed E-state index contributed by atoms with van der Waals surface area (Å²) < 4.78 is 11.8. The average molecular weight is 435 g/mol. The SMILES string of the molecule is C=CCN(Cc1cccc(OCCc2nc(-c3ccccc3)oc2C)c1)C(C)(C)C(=O)O. The Labute approximate surface area is 189 Å². The first-order valence-electron chi connectivity index (χ1n) is 10.6. The molecule has 3 aromatic rings. The summed E-state index contributed by atoms with van der Waals surface area (Å²) in [4.78, 5) is 18.2. The summed E-state index contributed by atoms with van der Waals surface area (Å²) in [5, 5.41) is 9.58. The highest BCUT2D eigenvalue weighted by molar-refractivity contribution is 5.77. The van der Waals surface area contributed by atoms with Crippen LogP contribution in [0.1, 0.15) is 30.9 Å². The molecule has 3 rings (SSSR count). The normalized spacial score (nSPS) is 11.5. The molecule has 0 saturated heterocycles. The molecule has 0 saturated carbocycles. The van der Waals surface area contributed by atoms with Crippen molar-refractivity contribution in [3.05, 3.63) is 84.3 Å². The number of aryl methyl sites for hydroxylation is 1. The molecule has 6 nitrogen and oxygen atoms in total. The van der Waals surface area contributed by atoms with Crippen molar-refractivity contribution >= 4 is 5.97 Å². The number of carboxylic acid groups (broad SMARTS) is 1. The Bertz CT molecular complexity index is 1060. The van der Waals surface area contributed by atoms with Crippen molar-refractivity contribution in [3.8, 4) is 17.2 Å². The molecule has 0 fully saturated rings. The highest BCUT2D eigenvalue weighted by Gasteiger charge is 2.33. The molecule has 0 amide bonds. The topological polar surface area (TPSA) is 75.8 Å². The Hall–Kier alpha value is -3.38. The van der Waals surface area contributed by atoms with Crippen molar-refractivity contribution in [2.24, 2.45) is 0 Å². The quantitative estimate of drug-likeness (QED) is 0.422. The fraction of sp³-hybridized carbons (Fsp3) is 0.308. The lowest BCUT2D eigenvalue weighted by Gasteiger charge is -2.34. The van der Waals surface area contributed by atoms with Gasteiger partial charge in [0, 0.05) is 25.1 Å². The number of nitrogens with zero attached hydrogens (tertiary/aromatic N) is 2. The van der Waals surface area contributed by atoms with E-state index in [4.69, 9.17) is 9.15 Å². The largest absolute Gasteiger partial charge is 0.493 e. The predicted octanol–water partition coefficient (Wildman–Crippen LogP) is 5.12. The average Bonchev–Trinajstić information content (AvgIpc) is 3.15. The van der Waals surface area contributed by atoms with Crippen molar-refractivity contribution in [2.75, 3.05) is 13.2 Å². The van der Waals surface area contributed by atoms with Gasteiger partial charge >= 0.3 is 5.97 Å². The molecule has 1 N–H and O–H groups in total. The van der Waals surface area contributed by atoms with Gasteiger partial charge in [0.2, 0.25) is 5.89 Å². The van der Waals surface area contributed by atoms with Gasteiger partial charge < -0.3 is 14.3 Å². The predicted molar refractivity (Wildman–Crippen MR) is 125 cm³/mol. The molecule has 6 heteroatoms. The zero-order valence-corrected chi connectivity index (χ0v) is 18.9. The van der Waals surface area contributed by atoms with E-state index in [2.05, 4.69) is 11.6 Å². The zero-order valence-electron chi connectivity index (χ0n) is 18.9. The van der Waals surface area contributed by atoms with E-state index in [9.17, 15) is 9.90 Å². The van der Waals surface area contributed by atoms with Gasteiger partial charge in [-0.1, -0.05) is 36.4 Å². The smallest absolute Gasteiger partial charge is 0.323 e. The Morgan fingerprint density at radius 1 is 1.22 bits per heavy atom. The number of carboxylic acids is 1. The van der Waals surface area contributed by atoms with Crippen LogP contribution in [0, 0.1) is 6.92 Å². The number of benzene rings is 2. The van der Waals surface area contributed by atoms with Crippen molar-refractivity contribution in [3.63, 3.8) is 0 Å². The molecule has 0 aliphatic rings. The fourth-order valence-electron chi connectivity index (χ4n) is 3.37. The van der Waals surface area contributed by atoms with E-state index >= 15 is 0 Å². The van der Waals surface area contributed by atoms with E-state index in [1.165, 1.54) is 0 Å². The maximum atomic E-state index is 11.7. The van der Waals surface area contributed by atoms with Crippen LogP contribution in [0.3, 0.4) is 0 Å². The molecular formula is C26H30N2O4. The van der Waals surface area contributed by atoms with Gasteiger partial charge in [-0.25, -0.2) is 4.98 Å². The molecule has 0 aliphatic carbocycles. The number of oxazole rings is 1. The van der Waals surface area contributed by atoms with Gasteiger partial charge in [0.15, 0.2) is 0 Å². The number of aromatic nitrogens is 1. The summed E-state index contributed by atoms with van der Waals surface area (Å²) in [5.41, 5.74) is 1.79. The third kappa shape index (κ3) is 5.65. The van der Waals surface area contributed by atoms with Crippen LogP contribution in [-0.4, -0.2) is 39.7 Å². The molecular weight excluding hydrogens is 404 g/mol. The molecule has 1 aromatic heterocycles. The summed E-state index contributed by atoms with van der Waals surface area (Å²) in [7, 11) is 0. The van der Waals surface area contributed by atoms with Gasteiger partial charge in [0.05, 0.1) is 12.3 Å². The Morgan fingerprint density at radius 2 is 1.97 bits per heavy atom. The Kier molecular flexibility index (Phi) is 7.49. The van der Waals surface area contributed by atoms with E-state index in [0.717, 1.165) is 28.3 Å². The number of ether oxygens (including phenoxy) is 1. The van der Waals surface area contributed by atoms with E-state index in [1.807, 2.05) is 66.4 Å². The van der Waals surface area contributed by atoms with Crippen LogP contribution in [-0.2, 0) is 17.8 Å². The highest BCUT2D eigenvalue weighted by Crippen LogP contribution is 2.23. The van der Waals surface area contributed by atoms with Crippen LogP contribution in [0.15, 0.2) is 71.7 Å². The minimum Gasteiger partial charge on any atom is -0.493 e. The number of hydrogen-bond donors (Lipinski definition) is 1. The second kappa shape index (κ2) is 10.3. The molecule has 0 bridgehead atoms. The molecule has 0 unspecified atom stereocenters. The molecule has 1 heterocycles. The van der Waals surface area contributed by atoms with Crippen molar-refractivity contribution in [2.45, 2.75) is 39.3 Å². The maximum Gasteiger partial charge on any atom is 0.323 e. The molecule has 0 spiro atoms. The Balaban J connectivity index is 1.62. The number of rotatable bonds is 11. The second-order valence-electron chi connectivity index (χ2n) is 8.17.